The molecule has 9 N–H and O–H groups in total. The molecule has 2 aromatic carbocycles. The number of guanidine groups is 1. The molecule has 0 saturated carbocycles. The molecule has 2 unspecified atom stereocenters. The molecule has 37 heavy (non-hydrogen) atoms. The minimum Gasteiger partial charge on any atom is -0.480 e. The molecule has 2 atom stereocenters. The van der Waals surface area contributed by atoms with Gasteiger partial charge in [-0.2, -0.15) is 0 Å². The summed E-state index contributed by atoms with van der Waals surface area (Å²) in [6.07, 6.45) is 0.336. The molecule has 13 nitrogen and oxygen atoms in total. The molecule has 0 aliphatic heterocycles. The summed E-state index contributed by atoms with van der Waals surface area (Å²) in [6, 6.07) is 12.4. The number of imidazole rings is 1. The Morgan fingerprint density at radius 3 is 2.62 bits per heavy atom. The minimum atomic E-state index is -1.96. The Kier molecular flexibility index (Phi) is 8.90. The number of hydrogen-bond donors (Lipinski definition) is 8. The molecule has 0 bridgehead atoms. The largest absolute Gasteiger partial charge is 0.480 e. The van der Waals surface area contributed by atoms with Gasteiger partial charge in [-0.15, -0.1) is 0 Å². The van der Waals surface area contributed by atoms with Gasteiger partial charge in [-0.25, -0.2) is 4.98 Å². The van der Waals surface area contributed by atoms with Crippen LogP contribution in [0.25, 0.3) is 11.0 Å². The van der Waals surface area contributed by atoms with E-state index >= 15 is 0 Å². The Morgan fingerprint density at radius 2 is 1.95 bits per heavy atom. The van der Waals surface area contributed by atoms with Crippen molar-refractivity contribution in [3.8, 4) is 0 Å². The lowest BCUT2D eigenvalue weighted by Crippen LogP contribution is -2.56. The maximum atomic E-state index is 12.7. The van der Waals surface area contributed by atoms with Crippen LogP contribution < -0.4 is 21.7 Å². The summed E-state index contributed by atoms with van der Waals surface area (Å²) in [5, 5.41) is 34.3. The predicted octanol–water partition coefficient (Wildman–Crippen LogP) is 0.161. The highest BCUT2D eigenvalue weighted by atomic mass is 16.6. The molecule has 3 aromatic rings. The Labute approximate surface area is 211 Å². The quantitative estimate of drug-likeness (QED) is 0.0942. The molecule has 0 saturated heterocycles. The van der Waals surface area contributed by atoms with E-state index in [0.29, 0.717) is 16.9 Å². The van der Waals surface area contributed by atoms with Crippen LogP contribution in [0.1, 0.15) is 35.1 Å². The van der Waals surface area contributed by atoms with Crippen LogP contribution in [0.2, 0.25) is 0 Å². The maximum absolute atomic E-state index is 12.7. The van der Waals surface area contributed by atoms with Crippen LogP contribution in [0.5, 0.6) is 0 Å². The summed E-state index contributed by atoms with van der Waals surface area (Å²) in [6.45, 7) is 1.00. The number of aliphatic carboxylic acids is 1. The fourth-order valence-corrected chi connectivity index (χ4v) is 3.42. The van der Waals surface area contributed by atoms with Gasteiger partial charge in [0.2, 0.25) is 11.8 Å². The number of aliphatic hydroxyl groups is 1. The fraction of sp³-hybridized carbons (Fsp3) is 0.292. The van der Waals surface area contributed by atoms with E-state index in [0.717, 1.165) is 5.56 Å². The van der Waals surface area contributed by atoms with E-state index < -0.39 is 35.7 Å². The molecule has 0 aliphatic rings. The molecule has 0 fully saturated rings. The van der Waals surface area contributed by atoms with Crippen molar-refractivity contribution in [2.75, 3.05) is 6.54 Å². The number of ether oxygens (including phenoxy) is 1. The maximum Gasteiger partial charge on any atom is 0.322 e. The zero-order valence-electron chi connectivity index (χ0n) is 20.1. The number of amides is 2. The third-order valence-electron chi connectivity index (χ3n) is 5.23. The molecule has 1 heterocycles. The van der Waals surface area contributed by atoms with Gasteiger partial charge in [-0.05, 0) is 23.8 Å². The average molecular weight is 512 g/mol. The van der Waals surface area contributed by atoms with Crippen LogP contribution in [0, 0.1) is 5.41 Å². The number of carboxylic acids is 1. The van der Waals surface area contributed by atoms with Gasteiger partial charge in [0.05, 0.1) is 17.6 Å². The van der Waals surface area contributed by atoms with Crippen LogP contribution in [-0.4, -0.2) is 62.4 Å². The predicted molar refractivity (Wildman–Crippen MR) is 133 cm³/mol. The second-order valence-corrected chi connectivity index (χ2v) is 8.38. The molecule has 0 spiro atoms. The number of benzene rings is 2. The number of hydrogen-bond acceptors (Lipinski definition) is 8. The number of aryl methyl sites for hydroxylation is 1. The Bertz CT molecular complexity index is 1280. The van der Waals surface area contributed by atoms with Gasteiger partial charge in [-0.3, -0.25) is 30.4 Å². The second kappa shape index (κ2) is 12.1. The summed E-state index contributed by atoms with van der Waals surface area (Å²) in [5.41, 5.74) is 7.30. The van der Waals surface area contributed by atoms with Crippen molar-refractivity contribution in [1.29, 1.82) is 5.41 Å². The normalized spacial score (nSPS) is 13.5. The van der Waals surface area contributed by atoms with Gasteiger partial charge in [0, 0.05) is 31.9 Å². The average Bonchev–Trinajstić information content (AvgIpc) is 3.26. The number of carbonyl (C=O) groups is 3. The number of carboxylic acid groups (broad SMARTS) is 1. The van der Waals surface area contributed by atoms with Gasteiger partial charge in [0.25, 0.3) is 5.91 Å². The van der Waals surface area contributed by atoms with E-state index in [1.807, 2.05) is 18.2 Å². The number of nitrogens with two attached hydrogens (primary N) is 1. The van der Waals surface area contributed by atoms with E-state index in [9.17, 15) is 24.6 Å². The number of carbonyl (C=O) groups excluding carboxylic acids is 2. The van der Waals surface area contributed by atoms with E-state index in [2.05, 4.69) is 25.9 Å². The van der Waals surface area contributed by atoms with Crippen molar-refractivity contribution < 1.29 is 29.3 Å². The Morgan fingerprint density at radius 1 is 1.22 bits per heavy atom. The van der Waals surface area contributed by atoms with Gasteiger partial charge in [0.1, 0.15) is 11.9 Å². The number of aromatic amines is 1. The molecule has 1 aromatic heterocycles. The monoisotopic (exact) mass is 511 g/mol. The molecular weight excluding hydrogens is 482 g/mol. The van der Waals surface area contributed by atoms with Crippen molar-refractivity contribution in [2.45, 2.75) is 38.3 Å². The van der Waals surface area contributed by atoms with Crippen LogP contribution >= 0.6 is 0 Å². The molecule has 0 aliphatic carbocycles. The summed E-state index contributed by atoms with van der Waals surface area (Å²) in [4.78, 5) is 43.4. The lowest BCUT2D eigenvalue weighted by Gasteiger charge is -2.28. The van der Waals surface area contributed by atoms with Crippen LogP contribution in [0.15, 0.2) is 48.5 Å². The highest BCUT2D eigenvalue weighted by Crippen LogP contribution is 2.15. The topological polar surface area (TPSA) is 216 Å². The first-order chi connectivity index (χ1) is 17.5. The highest BCUT2D eigenvalue weighted by Gasteiger charge is 2.29. The van der Waals surface area contributed by atoms with E-state index in [-0.39, 0.29) is 31.6 Å². The number of H-pyrrole nitrogens is 1. The standard InChI is InChI=1S/C24H29N7O6/c1-24(36,37-13-14-5-3-2-4-6-14)31-18(22(34)35)12-27-21(33)15-7-8-16-17(11-15)29-19(28-16)9-10-20(32)30-23(25)26/h2-8,11,18,31,36H,9-10,12-13H2,1H3,(H,27,33)(H,28,29)(H,34,35)(H4,25,26,30,32). The van der Waals surface area contributed by atoms with E-state index in [4.69, 9.17) is 15.9 Å². The van der Waals surface area contributed by atoms with Gasteiger partial charge >= 0.3 is 5.97 Å². The number of fused-ring (bicyclic) bond motifs is 1. The third kappa shape index (κ3) is 8.38. The van der Waals surface area contributed by atoms with Gasteiger partial charge in [0.15, 0.2) is 5.96 Å². The van der Waals surface area contributed by atoms with Crippen molar-refractivity contribution >= 4 is 34.8 Å². The Balaban J connectivity index is 1.57. The summed E-state index contributed by atoms with van der Waals surface area (Å²) in [5.74, 6) is -4.13. The summed E-state index contributed by atoms with van der Waals surface area (Å²) >= 11 is 0. The highest BCUT2D eigenvalue weighted by molar-refractivity contribution is 5.97. The zero-order chi connectivity index (χ0) is 27.0. The molecule has 2 amide bonds. The zero-order valence-corrected chi connectivity index (χ0v) is 20.1. The lowest BCUT2D eigenvalue weighted by molar-refractivity contribution is -0.225. The molecule has 196 valence electrons. The van der Waals surface area contributed by atoms with E-state index in [1.165, 1.54) is 13.0 Å². The van der Waals surface area contributed by atoms with Crippen molar-refractivity contribution in [2.24, 2.45) is 5.73 Å². The molecule has 3 rings (SSSR count). The summed E-state index contributed by atoms with van der Waals surface area (Å²) < 4.78 is 5.41. The first-order valence-corrected chi connectivity index (χ1v) is 11.3. The second-order valence-electron chi connectivity index (χ2n) is 8.38. The first kappa shape index (κ1) is 27.3. The van der Waals surface area contributed by atoms with Crippen LogP contribution in [0.3, 0.4) is 0 Å². The molecular formula is C24H29N7O6. The lowest BCUT2D eigenvalue weighted by atomic mass is 10.2. The van der Waals surface area contributed by atoms with Gasteiger partial charge in [-0.1, -0.05) is 30.3 Å². The number of nitrogens with one attached hydrogen (secondary N) is 5. The fourth-order valence-electron chi connectivity index (χ4n) is 3.42. The summed E-state index contributed by atoms with van der Waals surface area (Å²) in [7, 11) is 0. The number of rotatable bonds is 12. The van der Waals surface area contributed by atoms with Gasteiger partial charge < -0.3 is 31.0 Å². The SMILES string of the molecule is CC(O)(NC(CNC(=O)c1ccc2[nH]c(CCC(=O)NC(=N)N)nc2c1)C(=O)O)OCc1ccccc1. The third-order valence-corrected chi connectivity index (χ3v) is 5.23. The van der Waals surface area contributed by atoms with Crippen molar-refractivity contribution in [3.05, 3.63) is 65.5 Å². The molecule has 13 heteroatoms. The first-order valence-electron chi connectivity index (χ1n) is 11.3. The minimum absolute atomic E-state index is 0.0482. The van der Waals surface area contributed by atoms with E-state index in [1.54, 1.807) is 24.3 Å². The molecule has 0 radical (unpaired) electrons. The Hall–Kier alpha value is -4.33. The van der Waals surface area contributed by atoms with Crippen molar-refractivity contribution in [1.82, 2.24) is 25.9 Å². The smallest absolute Gasteiger partial charge is 0.322 e. The number of nitrogens with zero attached hydrogens (tertiary/aromatic N) is 1. The van der Waals surface area contributed by atoms with Crippen molar-refractivity contribution in [3.63, 3.8) is 0 Å². The number of aromatic nitrogens is 2. The van der Waals surface area contributed by atoms with Crippen LogP contribution in [0.4, 0.5) is 0 Å². The van der Waals surface area contributed by atoms with Crippen LogP contribution in [-0.2, 0) is 27.4 Å².